The van der Waals surface area contributed by atoms with Crippen LogP contribution >= 0.6 is 0 Å². The van der Waals surface area contributed by atoms with Crippen molar-refractivity contribution in [3.8, 4) is 0 Å². The molecule has 0 spiro atoms. The standard InChI is InChI=1S/C58H64O11.2C4H9.Sn/c1-58(2)67-41-51(69-58)55(64-37-45-27-15-6-16-28-45)56(65-38-46-29-17-7-18-30-46)52(60)48(59)33-49-53(62-35-43-23-11-4-12-24-43)57(66-39-47-31-19-8-20-32-47)54(63-36-44-25-13-5-14-26-44)50(68-49)40-61-34-42-21-9-3-10-22-42;2*1-3-4-2;/h3-32,48-57H,33-41H2,1-2H3;2*1,3-4H2,2H3;/q-2;;;+2/t48-,49+,50+,51-,52+,53-,54+,55+,56+,57+;;;/m0.../s1. The van der Waals surface area contributed by atoms with Crippen molar-refractivity contribution in [2.24, 2.45) is 0 Å². The zero-order chi connectivity index (χ0) is 53.8. The summed E-state index contributed by atoms with van der Waals surface area (Å²) in [5.74, 6) is -0.828. The maximum atomic E-state index is 7.86. The second kappa shape index (κ2) is 29.9. The molecule has 0 aromatic heterocycles. The van der Waals surface area contributed by atoms with Crippen molar-refractivity contribution >= 4 is 19.2 Å². The van der Waals surface area contributed by atoms with Gasteiger partial charge in [0.2, 0.25) is 0 Å². The van der Waals surface area contributed by atoms with E-state index in [1.807, 2.05) is 123 Å². The first-order chi connectivity index (χ1) is 38.3. The molecule has 3 aliphatic rings. The number of ether oxygens (including phenoxy) is 9. The minimum absolute atomic E-state index is 0.246. The average Bonchev–Trinajstić information content (AvgIpc) is 4.05. The van der Waals surface area contributed by atoms with Crippen molar-refractivity contribution < 1.29 is 48.8 Å². The predicted molar refractivity (Wildman–Crippen MR) is 304 cm³/mol. The molecule has 0 N–H and O–H groups in total. The van der Waals surface area contributed by atoms with E-state index >= 15 is 0 Å². The van der Waals surface area contributed by atoms with Gasteiger partial charge in [-0.05, 0) is 0 Å². The SMILES string of the molecule is CCC[CH2][Sn]1([CH2]CCC)[O][C@@H]([C@@H](OCc2ccccc2)[C@H](OCc2ccccc2)[C@@H]2COC(C)(C)O2)[C@H](C[C@H]2O[C@H](COCc3ccccc3)[C@@H](OCc3ccccc3)[C@H](OCc3ccccc3)[C@H]2OCc2ccccc2)[O]1. The van der Waals surface area contributed by atoms with E-state index in [9.17, 15) is 0 Å². The first-order valence-electron chi connectivity index (χ1n) is 28.5. The van der Waals surface area contributed by atoms with E-state index in [-0.39, 0.29) is 6.61 Å². The van der Waals surface area contributed by atoms with Crippen LogP contribution in [-0.4, -0.2) is 99.2 Å². The van der Waals surface area contributed by atoms with E-state index in [4.69, 9.17) is 48.8 Å². The Balaban J connectivity index is 1.14. The van der Waals surface area contributed by atoms with Gasteiger partial charge in [-0.25, -0.2) is 0 Å². The van der Waals surface area contributed by atoms with E-state index in [1.54, 1.807) is 0 Å². The third-order valence-corrected chi connectivity index (χ3v) is 25.4. The Morgan fingerprint density at radius 3 is 1.32 bits per heavy atom. The molecule has 78 heavy (non-hydrogen) atoms. The fourth-order valence-electron chi connectivity index (χ4n) is 10.9. The van der Waals surface area contributed by atoms with Gasteiger partial charge >= 0.3 is 460 Å². The molecular formula is C66H82O11Sn. The maximum absolute atomic E-state index is 7.86. The zero-order valence-electron chi connectivity index (χ0n) is 46.2. The Morgan fingerprint density at radius 1 is 0.474 bits per heavy atom. The van der Waals surface area contributed by atoms with E-state index in [1.165, 1.54) is 0 Å². The molecule has 0 aliphatic carbocycles. The molecule has 11 nitrogen and oxygen atoms in total. The molecule has 0 unspecified atom stereocenters. The van der Waals surface area contributed by atoms with Crippen LogP contribution in [-0.2, 0) is 88.4 Å². The van der Waals surface area contributed by atoms with Gasteiger partial charge in [0, 0.05) is 0 Å². The molecule has 0 amide bonds. The summed E-state index contributed by atoms with van der Waals surface area (Å²) >= 11 is -3.99. The third kappa shape index (κ3) is 16.9. The Hall–Kier alpha value is -4.32. The Morgan fingerprint density at radius 2 is 0.885 bits per heavy atom. The zero-order valence-corrected chi connectivity index (χ0v) is 49.0. The van der Waals surface area contributed by atoms with Crippen LogP contribution in [0.2, 0.25) is 8.87 Å². The van der Waals surface area contributed by atoms with E-state index in [0.29, 0.717) is 52.7 Å². The number of rotatable bonds is 30. The third-order valence-electron chi connectivity index (χ3n) is 15.0. The first kappa shape index (κ1) is 58.3. The average molecular weight is 1170 g/mol. The minimum atomic E-state index is -3.99. The van der Waals surface area contributed by atoms with E-state index < -0.39 is 86.0 Å². The van der Waals surface area contributed by atoms with Crippen LogP contribution in [0, 0.1) is 0 Å². The molecule has 9 rings (SSSR count). The fourth-order valence-corrected chi connectivity index (χ4v) is 22.7. The van der Waals surface area contributed by atoms with Gasteiger partial charge in [0.05, 0.1) is 0 Å². The summed E-state index contributed by atoms with van der Waals surface area (Å²) in [4.78, 5) is 0. The number of hydrogen-bond donors (Lipinski definition) is 0. The molecule has 3 aliphatic heterocycles. The van der Waals surface area contributed by atoms with Gasteiger partial charge in [-0.2, -0.15) is 0 Å². The van der Waals surface area contributed by atoms with Crippen LogP contribution in [0.3, 0.4) is 0 Å². The Labute approximate surface area is 469 Å². The summed E-state index contributed by atoms with van der Waals surface area (Å²) in [5, 5.41) is 0. The molecule has 0 bridgehead atoms. The second-order valence-corrected chi connectivity index (χ2v) is 30.9. The van der Waals surface area contributed by atoms with Gasteiger partial charge in [-0.1, -0.05) is 12.1 Å². The predicted octanol–water partition coefficient (Wildman–Crippen LogP) is 13.3. The molecule has 416 valence electrons. The van der Waals surface area contributed by atoms with Crippen LogP contribution in [0.5, 0.6) is 0 Å². The van der Waals surface area contributed by atoms with Crippen molar-refractivity contribution in [1.82, 2.24) is 0 Å². The van der Waals surface area contributed by atoms with Crippen LogP contribution < -0.4 is 0 Å². The van der Waals surface area contributed by atoms with E-state index in [2.05, 4.69) is 86.6 Å². The normalized spacial score (nSPS) is 24.5. The van der Waals surface area contributed by atoms with Crippen molar-refractivity contribution in [2.45, 2.75) is 175 Å². The van der Waals surface area contributed by atoms with E-state index in [0.717, 1.165) is 67.9 Å². The Kier molecular flexibility index (Phi) is 22.4. The van der Waals surface area contributed by atoms with Gasteiger partial charge in [-0.3, -0.25) is 0 Å². The van der Waals surface area contributed by atoms with Crippen LogP contribution in [0.15, 0.2) is 182 Å². The molecule has 3 saturated heterocycles. The summed E-state index contributed by atoms with van der Waals surface area (Å²) in [6.07, 6.45) is -1.23. The molecule has 12 heteroatoms. The summed E-state index contributed by atoms with van der Waals surface area (Å²) in [7, 11) is 0. The molecule has 0 radical (unpaired) electrons. The molecule has 0 saturated carbocycles. The van der Waals surface area contributed by atoms with Crippen LogP contribution in [0.1, 0.15) is 93.2 Å². The molecule has 10 atom stereocenters. The van der Waals surface area contributed by atoms with Crippen LogP contribution in [0.25, 0.3) is 0 Å². The summed E-state index contributed by atoms with van der Waals surface area (Å²) in [6, 6.07) is 61.7. The van der Waals surface area contributed by atoms with Gasteiger partial charge in [0.1, 0.15) is 0 Å². The molecule has 6 aromatic carbocycles. The first-order valence-corrected chi connectivity index (χ1v) is 34.9. The van der Waals surface area contributed by atoms with Gasteiger partial charge < -0.3 is 0 Å². The van der Waals surface area contributed by atoms with Crippen LogP contribution in [0.4, 0.5) is 0 Å². The van der Waals surface area contributed by atoms with Crippen molar-refractivity contribution in [2.75, 3.05) is 13.2 Å². The van der Waals surface area contributed by atoms with Gasteiger partial charge in [0.25, 0.3) is 0 Å². The van der Waals surface area contributed by atoms with Gasteiger partial charge in [0.15, 0.2) is 0 Å². The summed E-state index contributed by atoms with van der Waals surface area (Å²) in [6.45, 7) is 11.1. The monoisotopic (exact) mass is 1170 g/mol. The second-order valence-electron chi connectivity index (χ2n) is 21.5. The quantitative estimate of drug-likeness (QED) is 0.0403. The summed E-state index contributed by atoms with van der Waals surface area (Å²) < 4.78 is 81.0. The van der Waals surface area contributed by atoms with Crippen molar-refractivity contribution in [1.29, 1.82) is 0 Å². The van der Waals surface area contributed by atoms with Gasteiger partial charge in [-0.15, -0.1) is 0 Å². The number of hydrogen-bond acceptors (Lipinski definition) is 11. The molecule has 6 aromatic rings. The fraction of sp³-hybridized carbons (Fsp3) is 0.455. The van der Waals surface area contributed by atoms with Crippen molar-refractivity contribution in [3.05, 3.63) is 215 Å². The number of benzene rings is 6. The topological polar surface area (TPSA) is 102 Å². The number of unbranched alkanes of at least 4 members (excludes halogenated alkanes) is 2. The molecular weight excluding hydrogens is 1090 g/mol. The Bertz CT molecular complexity index is 2570. The molecule has 3 fully saturated rings. The molecule has 3 heterocycles. The summed E-state index contributed by atoms with van der Waals surface area (Å²) in [5.41, 5.74) is 6.28. The van der Waals surface area contributed by atoms with Crippen molar-refractivity contribution in [3.63, 3.8) is 0 Å².